The summed E-state index contributed by atoms with van der Waals surface area (Å²) in [4.78, 5) is 5.54. The number of para-hydroxylation sites is 1. The molecule has 0 saturated carbocycles. The molecule has 6 aliphatic rings. The van der Waals surface area contributed by atoms with Gasteiger partial charge in [0.1, 0.15) is 5.84 Å². The van der Waals surface area contributed by atoms with Crippen LogP contribution in [0.25, 0.3) is 16.7 Å². The maximum atomic E-state index is 6.89. The Morgan fingerprint density at radius 1 is 0.698 bits per heavy atom. The molecule has 2 nitrogen and oxygen atoms in total. The number of benzene rings is 6. The summed E-state index contributed by atoms with van der Waals surface area (Å²) in [7, 11) is 0. The lowest BCUT2D eigenvalue weighted by Crippen LogP contribution is -2.46. The van der Waals surface area contributed by atoms with Crippen molar-refractivity contribution in [2.24, 2.45) is 10.9 Å². The summed E-state index contributed by atoms with van der Waals surface area (Å²) in [6.07, 6.45) is 25.9. The Balaban J connectivity index is 1.13. The van der Waals surface area contributed by atoms with E-state index >= 15 is 0 Å². The molecule has 0 saturated heterocycles. The van der Waals surface area contributed by atoms with Crippen molar-refractivity contribution in [2.75, 3.05) is 0 Å². The highest BCUT2D eigenvalue weighted by molar-refractivity contribution is 5.96. The minimum Gasteiger partial charge on any atom is -0.362 e. The van der Waals surface area contributed by atoms with E-state index in [0.29, 0.717) is 0 Å². The predicted molar refractivity (Wildman–Crippen MR) is 260 cm³/mol. The fourth-order valence-corrected chi connectivity index (χ4v) is 12.5. The second-order valence-electron chi connectivity index (χ2n) is 17.9. The number of hydrogen-bond donors (Lipinski definition) is 1. The number of hydrogen-bond acceptors (Lipinski definition) is 2. The average Bonchev–Trinajstić information content (AvgIpc) is 3.80. The number of nitrogens with one attached hydrogen (secondary N) is 1. The van der Waals surface area contributed by atoms with E-state index in [1.807, 2.05) is 0 Å². The molecule has 0 radical (unpaired) electrons. The van der Waals surface area contributed by atoms with Crippen molar-refractivity contribution in [1.82, 2.24) is 5.32 Å². The van der Waals surface area contributed by atoms with E-state index in [0.717, 1.165) is 36.4 Å². The van der Waals surface area contributed by atoms with Gasteiger partial charge in [0.05, 0.1) is 22.6 Å². The maximum Gasteiger partial charge on any atom is 0.110 e. The third-order valence-corrected chi connectivity index (χ3v) is 15.0. The van der Waals surface area contributed by atoms with Gasteiger partial charge in [0, 0.05) is 23.0 Å². The summed E-state index contributed by atoms with van der Waals surface area (Å²) in [5.74, 6) is 4.47. The Morgan fingerprint density at radius 3 is 2.08 bits per heavy atom. The first-order valence-corrected chi connectivity index (χ1v) is 22.6. The summed E-state index contributed by atoms with van der Waals surface area (Å²) in [5, 5.41) is 4.11. The Bertz CT molecular complexity index is 3130. The third-order valence-electron chi connectivity index (χ3n) is 15.0. The lowest BCUT2D eigenvalue weighted by molar-refractivity contribution is 0.586. The molecule has 0 bridgehead atoms. The molecule has 2 spiro atoms. The van der Waals surface area contributed by atoms with E-state index < -0.39 is 10.8 Å². The second kappa shape index (κ2) is 14.4. The van der Waals surface area contributed by atoms with Gasteiger partial charge in [0.15, 0.2) is 0 Å². The summed E-state index contributed by atoms with van der Waals surface area (Å²) in [5.41, 5.74) is 20.4. The van der Waals surface area contributed by atoms with Gasteiger partial charge in [-0.05, 0) is 110 Å². The molecule has 12 rings (SSSR count). The molecule has 63 heavy (non-hydrogen) atoms. The highest BCUT2D eigenvalue weighted by atomic mass is 15.1. The summed E-state index contributed by atoms with van der Waals surface area (Å²) in [6, 6.07) is 54.1. The molecule has 1 N–H and O–H groups in total. The first-order chi connectivity index (χ1) is 31.1. The molecule has 2 heteroatoms. The molecular formula is C61H48N2. The van der Waals surface area contributed by atoms with Crippen LogP contribution in [0.2, 0.25) is 0 Å². The van der Waals surface area contributed by atoms with Crippen LogP contribution >= 0.6 is 0 Å². The fraction of sp³-hybridized carbons (Fsp3) is 0.164. The van der Waals surface area contributed by atoms with E-state index in [4.69, 9.17) is 11.4 Å². The van der Waals surface area contributed by atoms with Crippen LogP contribution in [0.4, 0.5) is 5.69 Å². The summed E-state index contributed by atoms with van der Waals surface area (Å²) in [6.45, 7) is 4.48. The van der Waals surface area contributed by atoms with E-state index in [2.05, 4.69) is 213 Å². The minimum absolute atomic E-state index is 0.00681. The van der Waals surface area contributed by atoms with Crippen LogP contribution in [0, 0.1) is 18.3 Å². The number of rotatable bonds is 5. The van der Waals surface area contributed by atoms with Gasteiger partial charge in [-0.3, -0.25) is 0 Å². The SMILES string of the molecule is C#CC1=C(/C=C\C)C2CC=CC=C2C12c1ccccc1C1(c3ccccc3-c3ccccc31)c1c(C(C)C3=Nc4ccccc4C(C4=CC=C(c5ccccc5)CC4)N3)cccc12. The monoisotopic (exact) mass is 808 g/mol. The molecule has 1 heterocycles. The van der Waals surface area contributed by atoms with Crippen LogP contribution in [-0.2, 0) is 10.8 Å². The molecule has 4 atom stereocenters. The zero-order chi connectivity index (χ0) is 42.3. The predicted octanol–water partition coefficient (Wildman–Crippen LogP) is 14.0. The van der Waals surface area contributed by atoms with Crippen LogP contribution in [0.3, 0.4) is 0 Å². The summed E-state index contributed by atoms with van der Waals surface area (Å²) >= 11 is 0. The highest BCUT2D eigenvalue weighted by Gasteiger charge is 2.61. The molecule has 5 aliphatic carbocycles. The Hall–Kier alpha value is -7.21. The first-order valence-electron chi connectivity index (χ1n) is 22.6. The molecular weight excluding hydrogens is 761 g/mol. The lowest BCUT2D eigenvalue weighted by Gasteiger charge is -2.50. The fourth-order valence-electron chi connectivity index (χ4n) is 12.5. The maximum absolute atomic E-state index is 6.89. The molecule has 0 amide bonds. The quantitative estimate of drug-likeness (QED) is 0.172. The summed E-state index contributed by atoms with van der Waals surface area (Å²) < 4.78 is 0. The number of allylic oxidation sites excluding steroid dienone is 11. The molecule has 0 aromatic heterocycles. The van der Waals surface area contributed by atoms with Crippen molar-refractivity contribution in [3.05, 3.63) is 260 Å². The van der Waals surface area contributed by atoms with Gasteiger partial charge in [-0.1, -0.05) is 195 Å². The van der Waals surface area contributed by atoms with Crippen LogP contribution in [0.15, 0.2) is 215 Å². The first kappa shape index (κ1) is 37.5. The minimum atomic E-state index is -0.662. The molecule has 1 aliphatic heterocycles. The van der Waals surface area contributed by atoms with Gasteiger partial charge in [-0.15, -0.1) is 6.42 Å². The molecule has 0 fully saturated rings. The van der Waals surface area contributed by atoms with Crippen LogP contribution in [-0.4, -0.2) is 5.84 Å². The van der Waals surface area contributed by atoms with Crippen molar-refractivity contribution >= 4 is 17.1 Å². The topological polar surface area (TPSA) is 24.4 Å². The van der Waals surface area contributed by atoms with Gasteiger partial charge < -0.3 is 5.32 Å². The second-order valence-corrected chi connectivity index (χ2v) is 17.9. The smallest absolute Gasteiger partial charge is 0.110 e. The number of nitrogens with zero attached hydrogens (tertiary/aromatic N) is 1. The Kier molecular flexibility index (Phi) is 8.60. The number of amidine groups is 1. The van der Waals surface area contributed by atoms with E-state index in [1.54, 1.807) is 0 Å². The van der Waals surface area contributed by atoms with Crippen LogP contribution in [0.1, 0.15) is 95.1 Å². The van der Waals surface area contributed by atoms with Crippen molar-refractivity contribution in [1.29, 1.82) is 0 Å². The Morgan fingerprint density at radius 2 is 1.37 bits per heavy atom. The van der Waals surface area contributed by atoms with E-state index in [1.165, 1.54) is 83.5 Å². The van der Waals surface area contributed by atoms with Gasteiger partial charge >= 0.3 is 0 Å². The number of fused-ring (bicyclic) bond motifs is 14. The number of aliphatic imine (C=N–C) groups is 1. The zero-order valence-electron chi connectivity index (χ0n) is 35.8. The zero-order valence-corrected chi connectivity index (χ0v) is 35.8. The average molecular weight is 809 g/mol. The third kappa shape index (κ3) is 5.11. The van der Waals surface area contributed by atoms with Crippen LogP contribution in [0.5, 0.6) is 0 Å². The van der Waals surface area contributed by atoms with E-state index in [-0.39, 0.29) is 17.9 Å². The van der Waals surface area contributed by atoms with Gasteiger partial charge in [-0.2, -0.15) is 0 Å². The van der Waals surface area contributed by atoms with Gasteiger partial charge in [-0.25, -0.2) is 4.99 Å². The van der Waals surface area contributed by atoms with Crippen LogP contribution < -0.4 is 5.32 Å². The largest absolute Gasteiger partial charge is 0.362 e. The van der Waals surface area contributed by atoms with Crippen molar-refractivity contribution < 1.29 is 0 Å². The van der Waals surface area contributed by atoms with Crippen molar-refractivity contribution in [3.63, 3.8) is 0 Å². The molecule has 6 aromatic carbocycles. The molecule has 302 valence electrons. The Labute approximate surface area is 371 Å². The van der Waals surface area contributed by atoms with Crippen molar-refractivity contribution in [2.45, 2.75) is 55.9 Å². The van der Waals surface area contributed by atoms with E-state index in [9.17, 15) is 0 Å². The highest BCUT2D eigenvalue weighted by Crippen LogP contribution is 2.69. The lowest BCUT2D eigenvalue weighted by atomic mass is 9.50. The van der Waals surface area contributed by atoms with Gasteiger partial charge in [0.25, 0.3) is 0 Å². The normalized spacial score (nSPS) is 22.4. The number of terminal acetylenes is 1. The van der Waals surface area contributed by atoms with Crippen molar-refractivity contribution in [3.8, 4) is 23.5 Å². The molecule has 6 aromatic rings. The van der Waals surface area contributed by atoms with Gasteiger partial charge in [0.2, 0.25) is 0 Å². The molecule has 4 unspecified atom stereocenters. The standard InChI is InChI=1S/C61H48N2/c1-4-20-44-45-23-9-13-28-50(45)60(49(44)5-2)53-31-16-17-32-54(53)61(51-29-14-10-24-46(51)47-25-11-15-30-52(47)61)57-43(27-19-33-55(57)60)39(3)59-62-56-34-18-12-26-48(56)58(63-59)42-37-35-41(36-38-42)40-21-7-6-8-22-40/h2,4,6-22,24-35,37,39,45,58H,23,36,38H2,1,3H3,(H,62,63)/b20-4-.